The van der Waals surface area contributed by atoms with E-state index in [4.69, 9.17) is 16.4 Å². The SMILES string of the molecule is Cc1ccccc1C1=NOC(CN(Cc2ccccc2Cl)C(=O)NC(C)(C)C)C1. The van der Waals surface area contributed by atoms with E-state index in [-0.39, 0.29) is 17.7 Å². The van der Waals surface area contributed by atoms with E-state index in [2.05, 4.69) is 23.5 Å². The molecule has 154 valence electrons. The Morgan fingerprint density at radius 1 is 1.21 bits per heavy atom. The summed E-state index contributed by atoms with van der Waals surface area (Å²) in [4.78, 5) is 20.4. The molecular formula is C23H28ClN3O2. The number of nitrogens with one attached hydrogen (secondary N) is 1. The zero-order valence-electron chi connectivity index (χ0n) is 17.4. The first-order valence-corrected chi connectivity index (χ1v) is 10.2. The summed E-state index contributed by atoms with van der Waals surface area (Å²) in [5.74, 6) is 0. The normalized spacial score (nSPS) is 16.2. The molecule has 5 nitrogen and oxygen atoms in total. The molecule has 1 aliphatic heterocycles. The molecule has 0 saturated carbocycles. The minimum atomic E-state index is -0.338. The summed E-state index contributed by atoms with van der Waals surface area (Å²) in [5, 5.41) is 7.97. The van der Waals surface area contributed by atoms with Crippen LogP contribution in [0.25, 0.3) is 0 Å². The summed E-state index contributed by atoms with van der Waals surface area (Å²) in [6.07, 6.45) is 0.463. The molecule has 2 aromatic carbocycles. The number of amides is 2. The smallest absolute Gasteiger partial charge is 0.318 e. The Morgan fingerprint density at radius 2 is 1.90 bits per heavy atom. The number of carbonyl (C=O) groups is 1. The van der Waals surface area contributed by atoms with Crippen molar-refractivity contribution in [2.45, 2.75) is 52.3 Å². The molecule has 3 rings (SSSR count). The van der Waals surface area contributed by atoms with Crippen molar-refractivity contribution in [3.8, 4) is 0 Å². The second kappa shape index (κ2) is 8.87. The third kappa shape index (κ3) is 5.73. The van der Waals surface area contributed by atoms with Crippen molar-refractivity contribution in [1.82, 2.24) is 10.2 Å². The van der Waals surface area contributed by atoms with Crippen LogP contribution in [0.1, 0.15) is 43.9 Å². The minimum absolute atomic E-state index is 0.148. The van der Waals surface area contributed by atoms with Gasteiger partial charge in [0.1, 0.15) is 0 Å². The van der Waals surface area contributed by atoms with Crippen LogP contribution in [-0.4, -0.2) is 34.8 Å². The summed E-state index contributed by atoms with van der Waals surface area (Å²) in [6, 6.07) is 15.5. The van der Waals surface area contributed by atoms with E-state index in [9.17, 15) is 4.79 Å². The van der Waals surface area contributed by atoms with Gasteiger partial charge in [0.2, 0.25) is 0 Å². The maximum Gasteiger partial charge on any atom is 0.318 e. The average molecular weight is 414 g/mol. The summed E-state index contributed by atoms with van der Waals surface area (Å²) in [6.45, 7) is 8.77. The van der Waals surface area contributed by atoms with Gasteiger partial charge in [0, 0.05) is 29.1 Å². The third-order valence-electron chi connectivity index (χ3n) is 4.70. The van der Waals surface area contributed by atoms with Gasteiger partial charge < -0.3 is 15.1 Å². The van der Waals surface area contributed by atoms with Crippen LogP contribution in [-0.2, 0) is 11.4 Å². The highest BCUT2D eigenvalue weighted by Crippen LogP contribution is 2.22. The molecule has 29 heavy (non-hydrogen) atoms. The molecule has 0 saturated heterocycles. The first-order chi connectivity index (χ1) is 13.7. The summed E-state index contributed by atoms with van der Waals surface area (Å²) < 4.78 is 0. The molecular weight excluding hydrogens is 386 g/mol. The first kappa shape index (κ1) is 21.2. The molecule has 0 aliphatic carbocycles. The molecule has 6 heteroatoms. The fourth-order valence-corrected chi connectivity index (χ4v) is 3.47. The average Bonchev–Trinajstić information content (AvgIpc) is 3.10. The van der Waals surface area contributed by atoms with Gasteiger partial charge in [0.25, 0.3) is 0 Å². The highest BCUT2D eigenvalue weighted by molar-refractivity contribution is 6.31. The second-order valence-corrected chi connectivity index (χ2v) is 8.84. The second-order valence-electron chi connectivity index (χ2n) is 8.44. The number of oxime groups is 1. The zero-order chi connectivity index (χ0) is 21.0. The number of rotatable bonds is 5. The number of halogens is 1. The van der Waals surface area contributed by atoms with E-state index in [0.29, 0.717) is 24.5 Å². The van der Waals surface area contributed by atoms with E-state index in [1.165, 1.54) is 0 Å². The van der Waals surface area contributed by atoms with Crippen LogP contribution in [0, 0.1) is 6.92 Å². The fraction of sp³-hybridized carbons (Fsp3) is 0.391. The Bertz CT molecular complexity index is 905. The van der Waals surface area contributed by atoms with Gasteiger partial charge in [-0.25, -0.2) is 4.79 Å². The number of carbonyl (C=O) groups excluding carboxylic acids is 1. The van der Waals surface area contributed by atoms with Gasteiger partial charge in [-0.1, -0.05) is 59.2 Å². The van der Waals surface area contributed by atoms with Crippen molar-refractivity contribution in [1.29, 1.82) is 0 Å². The fourth-order valence-electron chi connectivity index (χ4n) is 3.28. The first-order valence-electron chi connectivity index (χ1n) is 9.82. The quantitative estimate of drug-likeness (QED) is 0.736. The standard InChI is InChI=1S/C23H28ClN3O2/c1-16-9-5-7-11-19(16)21-13-18(29-26-21)15-27(22(28)25-23(2,3)4)14-17-10-6-8-12-20(17)24/h5-12,18H,13-15H2,1-4H3,(H,25,28). The van der Waals surface area contributed by atoms with Crippen LogP contribution in [0.5, 0.6) is 0 Å². The Labute approximate surface area is 177 Å². The largest absolute Gasteiger partial charge is 0.390 e. The van der Waals surface area contributed by atoms with Gasteiger partial charge in [-0.3, -0.25) is 0 Å². The number of aryl methyl sites for hydroxylation is 1. The number of nitrogens with zero attached hydrogens (tertiary/aromatic N) is 2. The maximum atomic E-state index is 12.9. The van der Waals surface area contributed by atoms with Crippen LogP contribution in [0.4, 0.5) is 4.79 Å². The Hall–Kier alpha value is -2.53. The van der Waals surface area contributed by atoms with E-state index < -0.39 is 0 Å². The molecule has 1 aliphatic rings. The van der Waals surface area contributed by atoms with Crippen molar-refractivity contribution in [3.05, 3.63) is 70.2 Å². The molecule has 1 heterocycles. The van der Waals surface area contributed by atoms with Gasteiger partial charge in [0.05, 0.1) is 12.3 Å². The van der Waals surface area contributed by atoms with Crippen LogP contribution in [0.2, 0.25) is 5.02 Å². The highest BCUT2D eigenvalue weighted by Gasteiger charge is 2.29. The predicted molar refractivity (Wildman–Crippen MR) is 117 cm³/mol. The lowest BCUT2D eigenvalue weighted by Gasteiger charge is -2.30. The minimum Gasteiger partial charge on any atom is -0.390 e. The van der Waals surface area contributed by atoms with Gasteiger partial charge in [-0.15, -0.1) is 0 Å². The van der Waals surface area contributed by atoms with Crippen molar-refractivity contribution >= 4 is 23.3 Å². The van der Waals surface area contributed by atoms with E-state index >= 15 is 0 Å². The topological polar surface area (TPSA) is 53.9 Å². The van der Waals surface area contributed by atoms with E-state index in [0.717, 1.165) is 22.4 Å². The van der Waals surface area contributed by atoms with E-state index in [1.807, 2.05) is 63.2 Å². The van der Waals surface area contributed by atoms with Crippen molar-refractivity contribution in [3.63, 3.8) is 0 Å². The molecule has 1 N–H and O–H groups in total. The van der Waals surface area contributed by atoms with Crippen LogP contribution in [0.3, 0.4) is 0 Å². The predicted octanol–water partition coefficient (Wildman–Crippen LogP) is 5.15. The summed E-state index contributed by atoms with van der Waals surface area (Å²) in [7, 11) is 0. The molecule has 2 amide bonds. The van der Waals surface area contributed by atoms with E-state index in [1.54, 1.807) is 4.90 Å². The number of hydrogen-bond donors (Lipinski definition) is 1. The molecule has 0 aromatic heterocycles. The van der Waals surface area contributed by atoms with Gasteiger partial charge >= 0.3 is 6.03 Å². The number of benzene rings is 2. The number of urea groups is 1. The Balaban J connectivity index is 1.73. The molecule has 1 unspecified atom stereocenters. The Morgan fingerprint density at radius 3 is 2.59 bits per heavy atom. The van der Waals surface area contributed by atoms with Crippen LogP contribution < -0.4 is 5.32 Å². The Kier molecular flexibility index (Phi) is 6.48. The maximum absolute atomic E-state index is 12.9. The lowest BCUT2D eigenvalue weighted by molar-refractivity contribution is 0.0580. The molecule has 0 fully saturated rings. The van der Waals surface area contributed by atoms with Gasteiger partial charge in [0.15, 0.2) is 6.10 Å². The molecule has 0 radical (unpaired) electrons. The molecule has 0 bridgehead atoms. The van der Waals surface area contributed by atoms with Crippen molar-refractivity contribution < 1.29 is 9.63 Å². The third-order valence-corrected chi connectivity index (χ3v) is 5.07. The van der Waals surface area contributed by atoms with Gasteiger partial charge in [-0.05, 0) is 44.9 Å². The lowest BCUT2D eigenvalue weighted by Crippen LogP contribution is -2.50. The number of hydrogen-bond acceptors (Lipinski definition) is 3. The van der Waals surface area contributed by atoms with Crippen molar-refractivity contribution in [2.24, 2.45) is 5.16 Å². The monoisotopic (exact) mass is 413 g/mol. The molecule has 0 spiro atoms. The molecule has 1 atom stereocenters. The zero-order valence-corrected chi connectivity index (χ0v) is 18.2. The lowest BCUT2D eigenvalue weighted by atomic mass is 10.0. The van der Waals surface area contributed by atoms with Gasteiger partial charge in [-0.2, -0.15) is 0 Å². The van der Waals surface area contributed by atoms with Crippen molar-refractivity contribution in [2.75, 3.05) is 6.54 Å². The van der Waals surface area contributed by atoms with Crippen LogP contribution >= 0.6 is 11.6 Å². The van der Waals surface area contributed by atoms with Crippen LogP contribution in [0.15, 0.2) is 53.7 Å². The summed E-state index contributed by atoms with van der Waals surface area (Å²) >= 11 is 6.33. The summed E-state index contributed by atoms with van der Waals surface area (Å²) in [5.41, 5.74) is 3.73. The highest BCUT2D eigenvalue weighted by atomic mass is 35.5. The molecule has 2 aromatic rings.